The van der Waals surface area contributed by atoms with E-state index in [4.69, 9.17) is 0 Å². The molecule has 0 bridgehead atoms. The third-order valence-electron chi connectivity index (χ3n) is 2.53. The van der Waals surface area contributed by atoms with Gasteiger partial charge in [-0.15, -0.1) is 0 Å². The number of hydrogen-bond acceptors (Lipinski definition) is 1. The van der Waals surface area contributed by atoms with Gasteiger partial charge in [-0.2, -0.15) is 13.2 Å². The maximum absolute atomic E-state index is 12.5. The SMILES string of the molecule is O=C(CCCCBr)NCc1cccc(C(F)(F)F)c1. The summed E-state index contributed by atoms with van der Waals surface area (Å²) in [7, 11) is 0. The molecule has 0 heterocycles. The van der Waals surface area contributed by atoms with E-state index in [0.717, 1.165) is 30.3 Å². The highest BCUT2D eigenvalue weighted by atomic mass is 79.9. The number of amides is 1. The maximum Gasteiger partial charge on any atom is 0.416 e. The zero-order chi connectivity index (χ0) is 14.3. The van der Waals surface area contributed by atoms with Crippen molar-refractivity contribution in [3.05, 3.63) is 35.4 Å². The van der Waals surface area contributed by atoms with Crippen LogP contribution in [0.3, 0.4) is 0 Å². The minimum Gasteiger partial charge on any atom is -0.352 e. The third-order valence-corrected chi connectivity index (χ3v) is 3.09. The van der Waals surface area contributed by atoms with Crippen molar-refractivity contribution in [1.82, 2.24) is 5.32 Å². The summed E-state index contributed by atoms with van der Waals surface area (Å²) >= 11 is 3.26. The van der Waals surface area contributed by atoms with Crippen molar-refractivity contribution in [1.29, 1.82) is 0 Å². The monoisotopic (exact) mass is 337 g/mol. The molecule has 0 saturated carbocycles. The van der Waals surface area contributed by atoms with Gasteiger partial charge in [-0.05, 0) is 30.5 Å². The molecule has 0 spiro atoms. The fourth-order valence-electron chi connectivity index (χ4n) is 1.53. The number of alkyl halides is 4. The first-order chi connectivity index (χ1) is 8.93. The van der Waals surface area contributed by atoms with Gasteiger partial charge in [0.05, 0.1) is 5.56 Å². The molecule has 0 unspecified atom stereocenters. The number of carbonyl (C=O) groups is 1. The van der Waals surface area contributed by atoms with E-state index < -0.39 is 11.7 Å². The van der Waals surface area contributed by atoms with Crippen LogP contribution in [0.4, 0.5) is 13.2 Å². The smallest absolute Gasteiger partial charge is 0.352 e. The van der Waals surface area contributed by atoms with Gasteiger partial charge in [0, 0.05) is 18.3 Å². The fourth-order valence-corrected chi connectivity index (χ4v) is 1.92. The summed E-state index contributed by atoms with van der Waals surface area (Å²) in [5.74, 6) is -0.140. The molecule has 19 heavy (non-hydrogen) atoms. The van der Waals surface area contributed by atoms with Gasteiger partial charge in [-0.25, -0.2) is 0 Å². The standard InChI is InChI=1S/C13H15BrF3NO/c14-7-2-1-6-12(19)18-9-10-4-3-5-11(8-10)13(15,16)17/h3-5,8H,1-2,6-7,9H2,(H,18,19). The van der Waals surface area contributed by atoms with Crippen molar-refractivity contribution in [3.63, 3.8) is 0 Å². The Balaban J connectivity index is 2.47. The predicted octanol–water partition coefficient (Wildman–Crippen LogP) is 3.89. The molecule has 2 nitrogen and oxygen atoms in total. The molecule has 106 valence electrons. The number of benzene rings is 1. The van der Waals surface area contributed by atoms with Crippen molar-refractivity contribution in [2.24, 2.45) is 0 Å². The van der Waals surface area contributed by atoms with E-state index in [-0.39, 0.29) is 12.5 Å². The van der Waals surface area contributed by atoms with Crippen molar-refractivity contribution < 1.29 is 18.0 Å². The van der Waals surface area contributed by atoms with Crippen molar-refractivity contribution in [3.8, 4) is 0 Å². The van der Waals surface area contributed by atoms with E-state index in [1.54, 1.807) is 6.07 Å². The van der Waals surface area contributed by atoms with Gasteiger partial charge in [0.1, 0.15) is 0 Å². The molecule has 0 atom stereocenters. The number of unbranched alkanes of at least 4 members (excludes halogenated alkanes) is 1. The molecule has 0 fully saturated rings. The minimum atomic E-state index is -4.35. The van der Waals surface area contributed by atoms with Crippen molar-refractivity contribution in [2.75, 3.05) is 5.33 Å². The van der Waals surface area contributed by atoms with Gasteiger partial charge in [0.15, 0.2) is 0 Å². The van der Waals surface area contributed by atoms with E-state index in [0.29, 0.717) is 12.0 Å². The van der Waals surface area contributed by atoms with E-state index in [2.05, 4.69) is 21.2 Å². The summed E-state index contributed by atoms with van der Waals surface area (Å²) in [5, 5.41) is 3.46. The van der Waals surface area contributed by atoms with Crippen LogP contribution in [0, 0.1) is 0 Å². The molecule has 1 aromatic carbocycles. The van der Waals surface area contributed by atoms with Gasteiger partial charge < -0.3 is 5.32 Å². The van der Waals surface area contributed by atoms with Gasteiger partial charge in [0.25, 0.3) is 0 Å². The van der Waals surface area contributed by atoms with E-state index >= 15 is 0 Å². The molecular formula is C13H15BrF3NO. The fraction of sp³-hybridized carbons (Fsp3) is 0.462. The van der Waals surface area contributed by atoms with Crippen LogP contribution >= 0.6 is 15.9 Å². The minimum absolute atomic E-state index is 0.122. The highest BCUT2D eigenvalue weighted by Gasteiger charge is 2.30. The second kappa shape index (κ2) is 7.53. The highest BCUT2D eigenvalue weighted by Crippen LogP contribution is 2.29. The normalized spacial score (nSPS) is 11.4. The average Bonchev–Trinajstić information content (AvgIpc) is 2.36. The summed E-state index contributed by atoms with van der Waals surface area (Å²) < 4.78 is 37.4. The number of nitrogens with one attached hydrogen (secondary N) is 1. The predicted molar refractivity (Wildman–Crippen MR) is 70.9 cm³/mol. The third kappa shape index (κ3) is 6.09. The lowest BCUT2D eigenvalue weighted by Crippen LogP contribution is -2.22. The lowest BCUT2D eigenvalue weighted by molar-refractivity contribution is -0.137. The van der Waals surface area contributed by atoms with Gasteiger partial charge in [-0.3, -0.25) is 4.79 Å². The number of rotatable bonds is 6. The second-order valence-corrected chi connectivity index (χ2v) is 4.91. The number of carbonyl (C=O) groups excluding carboxylic acids is 1. The molecule has 0 aromatic heterocycles. The Morgan fingerprint density at radius 2 is 2.00 bits per heavy atom. The van der Waals surface area contributed by atoms with Crippen LogP contribution in [-0.2, 0) is 17.5 Å². The topological polar surface area (TPSA) is 29.1 Å². The Morgan fingerprint density at radius 1 is 1.26 bits per heavy atom. The van der Waals surface area contributed by atoms with Crippen LogP contribution in [0.25, 0.3) is 0 Å². The Bertz CT molecular complexity index is 421. The lowest BCUT2D eigenvalue weighted by Gasteiger charge is -2.09. The van der Waals surface area contributed by atoms with Crippen molar-refractivity contribution >= 4 is 21.8 Å². The maximum atomic E-state index is 12.5. The summed E-state index contributed by atoms with van der Waals surface area (Å²) in [5.41, 5.74) is -0.248. The Hall–Kier alpha value is -1.04. The molecule has 6 heteroatoms. The molecule has 1 N–H and O–H groups in total. The summed E-state index contributed by atoms with van der Waals surface area (Å²) in [6, 6.07) is 4.98. The van der Waals surface area contributed by atoms with Crippen LogP contribution in [0.1, 0.15) is 30.4 Å². The molecule has 0 aliphatic carbocycles. The molecule has 0 aliphatic rings. The molecule has 1 amide bonds. The molecular weight excluding hydrogens is 323 g/mol. The zero-order valence-corrected chi connectivity index (χ0v) is 11.9. The van der Waals surface area contributed by atoms with Gasteiger partial charge in [-0.1, -0.05) is 28.1 Å². The molecule has 0 aliphatic heterocycles. The lowest BCUT2D eigenvalue weighted by atomic mass is 10.1. The summed E-state index contributed by atoms with van der Waals surface area (Å²) in [4.78, 5) is 11.4. The Labute approximate surface area is 118 Å². The van der Waals surface area contributed by atoms with Crippen LogP contribution in [0.2, 0.25) is 0 Å². The summed E-state index contributed by atoms with van der Waals surface area (Å²) in [6.07, 6.45) is -2.29. The molecule has 0 radical (unpaired) electrons. The average molecular weight is 338 g/mol. The van der Waals surface area contributed by atoms with E-state index in [9.17, 15) is 18.0 Å². The first kappa shape index (κ1) is 16.0. The highest BCUT2D eigenvalue weighted by molar-refractivity contribution is 9.09. The quantitative estimate of drug-likeness (QED) is 0.619. The van der Waals surface area contributed by atoms with Crippen LogP contribution in [0.5, 0.6) is 0 Å². The van der Waals surface area contributed by atoms with Crippen LogP contribution in [0.15, 0.2) is 24.3 Å². The molecule has 0 saturated heterocycles. The summed E-state index contributed by atoms with van der Waals surface area (Å²) in [6.45, 7) is 0.122. The molecule has 1 rings (SSSR count). The second-order valence-electron chi connectivity index (χ2n) is 4.12. The molecule has 1 aromatic rings. The largest absolute Gasteiger partial charge is 0.416 e. The van der Waals surface area contributed by atoms with Gasteiger partial charge in [0.2, 0.25) is 5.91 Å². The van der Waals surface area contributed by atoms with Crippen LogP contribution in [-0.4, -0.2) is 11.2 Å². The van der Waals surface area contributed by atoms with E-state index in [1.807, 2.05) is 0 Å². The van der Waals surface area contributed by atoms with Gasteiger partial charge >= 0.3 is 6.18 Å². The Kier molecular flexibility index (Phi) is 6.34. The van der Waals surface area contributed by atoms with Crippen molar-refractivity contribution in [2.45, 2.75) is 32.0 Å². The first-order valence-corrected chi connectivity index (χ1v) is 7.04. The zero-order valence-electron chi connectivity index (χ0n) is 10.3. The first-order valence-electron chi connectivity index (χ1n) is 5.92. The van der Waals surface area contributed by atoms with E-state index in [1.165, 1.54) is 6.07 Å². The Morgan fingerprint density at radius 3 is 2.63 bits per heavy atom. The number of hydrogen-bond donors (Lipinski definition) is 1. The van der Waals surface area contributed by atoms with Crippen LogP contribution < -0.4 is 5.32 Å². The number of halogens is 4.